The smallest absolute Gasteiger partial charge is 0.261 e. The van der Waals surface area contributed by atoms with Crippen LogP contribution < -0.4 is 10.1 Å². The first-order valence-electron chi connectivity index (χ1n) is 9.27. The predicted octanol–water partition coefficient (Wildman–Crippen LogP) is 5.53. The van der Waals surface area contributed by atoms with Crippen molar-refractivity contribution in [3.05, 3.63) is 95.0 Å². The molecule has 0 saturated carbocycles. The number of hydrogen-bond acceptors (Lipinski definition) is 5. The number of anilines is 1. The molecule has 0 atom stereocenters. The van der Waals surface area contributed by atoms with Gasteiger partial charge in [0.05, 0.1) is 10.7 Å². The third-order valence-electron chi connectivity index (χ3n) is 4.42. The Morgan fingerprint density at radius 1 is 1.10 bits per heavy atom. The van der Waals surface area contributed by atoms with Crippen LogP contribution in [-0.4, -0.2) is 16.0 Å². The fraction of sp³-hybridized carbons (Fsp3) is 0.0870. The summed E-state index contributed by atoms with van der Waals surface area (Å²) in [6.07, 6.45) is 1.72. The van der Waals surface area contributed by atoms with E-state index in [1.54, 1.807) is 43.5 Å². The minimum Gasteiger partial charge on any atom is -0.487 e. The number of benzene rings is 2. The molecule has 2 heterocycles. The molecular formula is C23H18ClN3O3. The number of hydrogen-bond donors (Lipinski definition) is 1. The molecule has 4 rings (SSSR count). The second-order valence-corrected chi connectivity index (χ2v) is 6.94. The van der Waals surface area contributed by atoms with E-state index in [0.29, 0.717) is 45.6 Å². The molecule has 0 fully saturated rings. The summed E-state index contributed by atoms with van der Waals surface area (Å²) < 4.78 is 11.0. The van der Waals surface area contributed by atoms with E-state index < -0.39 is 0 Å². The molecule has 6 nitrogen and oxygen atoms in total. The van der Waals surface area contributed by atoms with Crippen molar-refractivity contribution in [2.24, 2.45) is 0 Å². The van der Waals surface area contributed by atoms with Crippen LogP contribution in [0.25, 0.3) is 11.3 Å². The quantitative estimate of drug-likeness (QED) is 0.444. The number of ether oxygens (including phenoxy) is 1. The number of aryl methyl sites for hydroxylation is 1. The van der Waals surface area contributed by atoms with Crippen LogP contribution in [0.4, 0.5) is 5.69 Å². The summed E-state index contributed by atoms with van der Waals surface area (Å²) in [5.41, 5.74) is 2.77. The second kappa shape index (κ2) is 8.80. The standard InChI is InChI=1S/C23H18ClN3O3/c1-15-21(22(27-30-15)19-10-2-3-11-20(19)24)23(28)26-16-8-6-9-18(13-16)29-14-17-7-4-5-12-25-17/h2-13H,14H2,1H3,(H,26,28). The zero-order valence-corrected chi connectivity index (χ0v) is 16.9. The van der Waals surface area contributed by atoms with Gasteiger partial charge in [-0.15, -0.1) is 0 Å². The van der Waals surface area contributed by atoms with E-state index in [-0.39, 0.29) is 5.91 Å². The van der Waals surface area contributed by atoms with Gasteiger partial charge < -0.3 is 14.6 Å². The number of nitrogens with one attached hydrogen (secondary N) is 1. The molecule has 2 aromatic heterocycles. The van der Waals surface area contributed by atoms with Crippen LogP contribution in [0.5, 0.6) is 5.75 Å². The van der Waals surface area contributed by atoms with Crippen molar-refractivity contribution >= 4 is 23.2 Å². The Labute approximate surface area is 178 Å². The van der Waals surface area contributed by atoms with Gasteiger partial charge in [-0.3, -0.25) is 9.78 Å². The van der Waals surface area contributed by atoms with Gasteiger partial charge in [0.25, 0.3) is 5.91 Å². The average molecular weight is 420 g/mol. The summed E-state index contributed by atoms with van der Waals surface area (Å²) in [5.74, 6) is 0.683. The Hall–Kier alpha value is -3.64. The Morgan fingerprint density at radius 2 is 1.93 bits per heavy atom. The fourth-order valence-corrected chi connectivity index (χ4v) is 3.20. The maximum Gasteiger partial charge on any atom is 0.261 e. The maximum atomic E-state index is 13.0. The van der Waals surface area contributed by atoms with Crippen molar-refractivity contribution in [2.45, 2.75) is 13.5 Å². The lowest BCUT2D eigenvalue weighted by Gasteiger charge is -2.09. The van der Waals surface area contributed by atoms with Crippen LogP contribution in [0.15, 0.2) is 77.4 Å². The van der Waals surface area contributed by atoms with Crippen molar-refractivity contribution in [2.75, 3.05) is 5.32 Å². The minimum absolute atomic E-state index is 0.333. The summed E-state index contributed by atoms with van der Waals surface area (Å²) in [4.78, 5) is 17.2. The van der Waals surface area contributed by atoms with E-state index >= 15 is 0 Å². The van der Waals surface area contributed by atoms with Crippen molar-refractivity contribution in [3.8, 4) is 17.0 Å². The molecule has 30 heavy (non-hydrogen) atoms. The van der Waals surface area contributed by atoms with Crippen LogP contribution >= 0.6 is 11.6 Å². The van der Waals surface area contributed by atoms with E-state index in [1.807, 2.05) is 36.4 Å². The van der Waals surface area contributed by atoms with Gasteiger partial charge in [0.2, 0.25) is 0 Å². The van der Waals surface area contributed by atoms with E-state index in [1.165, 1.54) is 0 Å². The van der Waals surface area contributed by atoms with Gasteiger partial charge in [0, 0.05) is 23.5 Å². The summed E-state index contributed by atoms with van der Waals surface area (Å²) in [6, 6.07) is 20.0. The highest BCUT2D eigenvalue weighted by Crippen LogP contribution is 2.31. The zero-order valence-electron chi connectivity index (χ0n) is 16.1. The molecule has 0 spiro atoms. The lowest BCUT2D eigenvalue weighted by Crippen LogP contribution is -2.13. The number of pyridine rings is 1. The summed E-state index contributed by atoms with van der Waals surface area (Å²) in [7, 11) is 0. The summed E-state index contributed by atoms with van der Waals surface area (Å²) in [5, 5.41) is 7.40. The first-order chi connectivity index (χ1) is 14.6. The highest BCUT2D eigenvalue weighted by Gasteiger charge is 2.23. The van der Waals surface area contributed by atoms with Crippen molar-refractivity contribution in [1.29, 1.82) is 0 Å². The van der Waals surface area contributed by atoms with Crippen LogP contribution in [0.1, 0.15) is 21.8 Å². The maximum absolute atomic E-state index is 13.0. The molecular weight excluding hydrogens is 402 g/mol. The van der Waals surface area contributed by atoms with Crippen molar-refractivity contribution < 1.29 is 14.1 Å². The molecule has 0 aliphatic rings. The minimum atomic E-state index is -0.342. The summed E-state index contributed by atoms with van der Waals surface area (Å²) >= 11 is 6.28. The van der Waals surface area contributed by atoms with Crippen LogP contribution in [-0.2, 0) is 6.61 Å². The lowest BCUT2D eigenvalue weighted by molar-refractivity contribution is 0.102. The molecule has 2 aromatic carbocycles. The monoisotopic (exact) mass is 419 g/mol. The molecule has 0 aliphatic heterocycles. The molecule has 0 radical (unpaired) electrons. The molecule has 150 valence electrons. The van der Waals surface area contributed by atoms with Crippen LogP contribution in [0.3, 0.4) is 0 Å². The molecule has 0 bridgehead atoms. The van der Waals surface area contributed by atoms with Crippen LogP contribution in [0, 0.1) is 6.92 Å². The molecule has 1 amide bonds. The average Bonchev–Trinajstić information content (AvgIpc) is 3.15. The molecule has 0 saturated heterocycles. The number of nitrogens with zero attached hydrogens (tertiary/aromatic N) is 2. The third kappa shape index (κ3) is 4.34. The molecule has 4 aromatic rings. The largest absolute Gasteiger partial charge is 0.487 e. The number of rotatable bonds is 6. The normalized spacial score (nSPS) is 10.6. The SMILES string of the molecule is Cc1onc(-c2ccccc2Cl)c1C(=O)Nc1cccc(OCc2ccccn2)c1. The van der Waals surface area contributed by atoms with Gasteiger partial charge in [0.15, 0.2) is 0 Å². The highest BCUT2D eigenvalue weighted by molar-refractivity contribution is 6.33. The fourth-order valence-electron chi connectivity index (χ4n) is 2.97. The first kappa shape index (κ1) is 19.7. The van der Waals surface area contributed by atoms with Gasteiger partial charge >= 0.3 is 0 Å². The van der Waals surface area contributed by atoms with Gasteiger partial charge in [0.1, 0.15) is 29.4 Å². The van der Waals surface area contributed by atoms with Gasteiger partial charge in [-0.25, -0.2) is 0 Å². The number of aromatic nitrogens is 2. The molecule has 7 heteroatoms. The lowest BCUT2D eigenvalue weighted by atomic mass is 10.1. The Kier molecular flexibility index (Phi) is 5.77. The Morgan fingerprint density at radius 3 is 2.73 bits per heavy atom. The van der Waals surface area contributed by atoms with Gasteiger partial charge in [-0.05, 0) is 37.3 Å². The molecule has 0 aliphatic carbocycles. The van der Waals surface area contributed by atoms with E-state index in [0.717, 1.165) is 5.69 Å². The van der Waals surface area contributed by atoms with Crippen LogP contribution in [0.2, 0.25) is 5.02 Å². The van der Waals surface area contributed by atoms with E-state index in [4.69, 9.17) is 20.9 Å². The van der Waals surface area contributed by atoms with Gasteiger partial charge in [-0.1, -0.05) is 47.1 Å². The first-order valence-corrected chi connectivity index (χ1v) is 9.65. The highest BCUT2D eigenvalue weighted by atomic mass is 35.5. The zero-order chi connectivity index (χ0) is 20.9. The Balaban J connectivity index is 1.52. The number of carbonyl (C=O) groups is 1. The van der Waals surface area contributed by atoms with Crippen molar-refractivity contribution in [1.82, 2.24) is 10.1 Å². The Bertz CT molecular complexity index is 1180. The third-order valence-corrected chi connectivity index (χ3v) is 4.75. The molecule has 1 N–H and O–H groups in total. The van der Waals surface area contributed by atoms with Crippen molar-refractivity contribution in [3.63, 3.8) is 0 Å². The number of halogens is 1. The van der Waals surface area contributed by atoms with Gasteiger partial charge in [-0.2, -0.15) is 0 Å². The summed E-state index contributed by atoms with van der Waals surface area (Å²) in [6.45, 7) is 2.02. The number of amides is 1. The van der Waals surface area contributed by atoms with E-state index in [9.17, 15) is 4.79 Å². The second-order valence-electron chi connectivity index (χ2n) is 6.53. The topological polar surface area (TPSA) is 77.2 Å². The number of carbonyl (C=O) groups excluding carboxylic acids is 1. The molecule has 0 unspecified atom stereocenters. The van der Waals surface area contributed by atoms with E-state index in [2.05, 4.69) is 15.5 Å². The predicted molar refractivity (Wildman–Crippen MR) is 115 cm³/mol.